The lowest BCUT2D eigenvalue weighted by atomic mass is 10.2. The third-order valence-corrected chi connectivity index (χ3v) is 2.96. The minimum atomic E-state index is -0.0225. The maximum atomic E-state index is 8.96. The van der Waals surface area contributed by atoms with Crippen LogP contribution in [0.1, 0.15) is 11.1 Å². The second-order valence-corrected chi connectivity index (χ2v) is 4.44. The van der Waals surface area contributed by atoms with E-state index < -0.39 is 0 Å². The second-order valence-electron chi connectivity index (χ2n) is 4.03. The summed E-state index contributed by atoms with van der Waals surface area (Å²) in [4.78, 5) is 0. The quantitative estimate of drug-likeness (QED) is 0.350. The van der Waals surface area contributed by atoms with Gasteiger partial charge in [-0.25, -0.2) is 0 Å². The van der Waals surface area contributed by atoms with Gasteiger partial charge in [0.25, 0.3) is 0 Å². The molecule has 0 saturated heterocycles. The zero-order valence-corrected chi connectivity index (χ0v) is 11.2. The van der Waals surface area contributed by atoms with E-state index in [0.717, 1.165) is 5.56 Å². The van der Waals surface area contributed by atoms with Crippen molar-refractivity contribution in [2.24, 2.45) is 10.9 Å². The first-order chi connectivity index (χ1) is 9.63. The number of benzene rings is 2. The Morgan fingerprint density at radius 3 is 2.45 bits per heavy atom. The summed E-state index contributed by atoms with van der Waals surface area (Å²) in [5.41, 5.74) is 6.77. The molecule has 0 aliphatic heterocycles. The fourth-order valence-electron chi connectivity index (χ4n) is 1.59. The lowest BCUT2D eigenvalue weighted by Crippen LogP contribution is -2.12. The molecule has 0 amide bonds. The van der Waals surface area contributed by atoms with Crippen molar-refractivity contribution in [3.63, 3.8) is 0 Å². The summed E-state index contributed by atoms with van der Waals surface area (Å²) in [6.45, 7) is -0.0183. The average molecular weight is 293 g/mol. The molecular weight excluding hydrogens is 280 g/mol. The number of aliphatic hydroxyl groups is 1. The number of oxime groups is 1. The smallest absolute Gasteiger partial charge is 0.170 e. The van der Waals surface area contributed by atoms with Gasteiger partial charge in [0.1, 0.15) is 11.5 Å². The van der Waals surface area contributed by atoms with E-state index in [9.17, 15) is 0 Å². The van der Waals surface area contributed by atoms with Crippen molar-refractivity contribution in [1.82, 2.24) is 0 Å². The van der Waals surface area contributed by atoms with Crippen LogP contribution in [0.4, 0.5) is 0 Å². The Kier molecular flexibility index (Phi) is 4.45. The van der Waals surface area contributed by atoms with Gasteiger partial charge in [-0.3, -0.25) is 0 Å². The predicted octanol–water partition coefficient (Wildman–Crippen LogP) is 2.72. The summed E-state index contributed by atoms with van der Waals surface area (Å²) in [7, 11) is 0. The molecule has 6 heteroatoms. The number of amidine groups is 1. The molecule has 2 aromatic carbocycles. The number of halogens is 1. The van der Waals surface area contributed by atoms with E-state index in [-0.39, 0.29) is 12.4 Å². The molecule has 20 heavy (non-hydrogen) atoms. The van der Waals surface area contributed by atoms with Crippen LogP contribution >= 0.6 is 11.6 Å². The fraction of sp³-hybridized carbons (Fsp3) is 0.0714. The molecular formula is C14H13ClN2O3. The van der Waals surface area contributed by atoms with Gasteiger partial charge in [0.15, 0.2) is 5.84 Å². The van der Waals surface area contributed by atoms with E-state index in [1.807, 2.05) is 0 Å². The summed E-state index contributed by atoms with van der Waals surface area (Å²) < 4.78 is 5.62. The Balaban J connectivity index is 2.20. The number of rotatable bonds is 4. The van der Waals surface area contributed by atoms with Gasteiger partial charge in [0.05, 0.1) is 11.6 Å². The van der Waals surface area contributed by atoms with Gasteiger partial charge < -0.3 is 20.8 Å². The van der Waals surface area contributed by atoms with Gasteiger partial charge in [-0.1, -0.05) is 28.9 Å². The Morgan fingerprint density at radius 1 is 1.20 bits per heavy atom. The number of hydrogen-bond acceptors (Lipinski definition) is 4. The van der Waals surface area contributed by atoms with Crippen LogP contribution in [0, 0.1) is 0 Å². The van der Waals surface area contributed by atoms with Crippen molar-refractivity contribution in [3.05, 3.63) is 58.6 Å². The molecule has 0 spiro atoms. The molecule has 0 radical (unpaired) electrons. The minimum absolute atomic E-state index is 0.0183. The van der Waals surface area contributed by atoms with E-state index in [4.69, 9.17) is 32.4 Å². The molecule has 0 unspecified atom stereocenters. The minimum Gasteiger partial charge on any atom is -0.456 e. The van der Waals surface area contributed by atoms with Crippen LogP contribution in [0.25, 0.3) is 0 Å². The topological polar surface area (TPSA) is 88.1 Å². The molecule has 0 aromatic heterocycles. The van der Waals surface area contributed by atoms with Crippen LogP contribution < -0.4 is 10.5 Å². The third kappa shape index (κ3) is 3.20. The zero-order valence-electron chi connectivity index (χ0n) is 10.5. The van der Waals surface area contributed by atoms with Crippen LogP contribution in [-0.4, -0.2) is 16.1 Å². The molecule has 2 rings (SSSR count). The van der Waals surface area contributed by atoms with Gasteiger partial charge in [-0.2, -0.15) is 0 Å². The van der Waals surface area contributed by atoms with E-state index >= 15 is 0 Å². The first kappa shape index (κ1) is 14.2. The number of hydrogen-bond donors (Lipinski definition) is 3. The summed E-state index contributed by atoms with van der Waals surface area (Å²) in [5.74, 6) is 1.03. The van der Waals surface area contributed by atoms with Crippen molar-refractivity contribution in [1.29, 1.82) is 0 Å². The molecule has 2 aromatic rings. The van der Waals surface area contributed by atoms with E-state index in [2.05, 4.69) is 5.16 Å². The summed E-state index contributed by atoms with van der Waals surface area (Å²) in [6.07, 6.45) is 0. The molecule has 0 bridgehead atoms. The second kappa shape index (κ2) is 6.27. The van der Waals surface area contributed by atoms with Gasteiger partial charge in [0.2, 0.25) is 0 Å². The first-order valence-electron chi connectivity index (χ1n) is 5.79. The lowest BCUT2D eigenvalue weighted by Gasteiger charge is -2.09. The molecule has 5 nitrogen and oxygen atoms in total. The van der Waals surface area contributed by atoms with E-state index in [1.165, 1.54) is 0 Å². The van der Waals surface area contributed by atoms with Crippen molar-refractivity contribution >= 4 is 17.4 Å². The van der Waals surface area contributed by atoms with Gasteiger partial charge in [-0.15, -0.1) is 0 Å². The normalized spacial score (nSPS) is 11.4. The SMILES string of the molecule is NC(=NO)c1ccc(Oc2ccc(CO)cc2)c(Cl)c1. The van der Waals surface area contributed by atoms with Crippen LogP contribution in [0.5, 0.6) is 11.5 Å². The molecule has 0 heterocycles. The number of ether oxygens (including phenoxy) is 1. The largest absolute Gasteiger partial charge is 0.456 e. The molecule has 0 fully saturated rings. The van der Waals surface area contributed by atoms with Crippen molar-refractivity contribution in [3.8, 4) is 11.5 Å². The van der Waals surface area contributed by atoms with Crippen molar-refractivity contribution in [2.75, 3.05) is 0 Å². The van der Waals surface area contributed by atoms with E-state index in [1.54, 1.807) is 42.5 Å². The van der Waals surface area contributed by atoms with Gasteiger partial charge >= 0.3 is 0 Å². The Hall–Kier alpha value is -2.24. The molecule has 4 N–H and O–H groups in total. The molecule has 0 aliphatic carbocycles. The lowest BCUT2D eigenvalue weighted by molar-refractivity contribution is 0.281. The molecule has 0 saturated carbocycles. The summed E-state index contributed by atoms with van der Waals surface area (Å²) in [6, 6.07) is 11.8. The number of nitrogens with zero attached hydrogens (tertiary/aromatic N) is 1. The number of aliphatic hydroxyl groups excluding tert-OH is 1. The highest BCUT2D eigenvalue weighted by atomic mass is 35.5. The molecule has 0 aliphatic rings. The number of nitrogens with two attached hydrogens (primary N) is 1. The highest BCUT2D eigenvalue weighted by Crippen LogP contribution is 2.30. The highest BCUT2D eigenvalue weighted by molar-refractivity contribution is 6.32. The maximum absolute atomic E-state index is 8.96. The Morgan fingerprint density at radius 2 is 1.90 bits per heavy atom. The van der Waals surface area contributed by atoms with Crippen molar-refractivity contribution in [2.45, 2.75) is 6.61 Å². The average Bonchev–Trinajstić information content (AvgIpc) is 2.49. The van der Waals surface area contributed by atoms with Crippen LogP contribution in [0.15, 0.2) is 47.6 Å². The summed E-state index contributed by atoms with van der Waals surface area (Å²) >= 11 is 6.08. The molecule has 104 valence electrons. The van der Waals surface area contributed by atoms with Crippen LogP contribution in [-0.2, 0) is 6.61 Å². The summed E-state index contributed by atoms with van der Waals surface area (Å²) in [5, 5.41) is 20.8. The fourth-order valence-corrected chi connectivity index (χ4v) is 1.81. The monoisotopic (exact) mass is 292 g/mol. The van der Waals surface area contributed by atoms with Crippen LogP contribution in [0.2, 0.25) is 5.02 Å². The van der Waals surface area contributed by atoms with Crippen molar-refractivity contribution < 1.29 is 15.1 Å². The standard InChI is InChI=1S/C14H13ClN2O3/c15-12-7-10(14(16)17-19)3-6-13(12)20-11-4-1-9(8-18)2-5-11/h1-7,18-19H,8H2,(H2,16,17). The molecule has 0 atom stereocenters. The van der Waals surface area contributed by atoms with Crippen LogP contribution in [0.3, 0.4) is 0 Å². The highest BCUT2D eigenvalue weighted by Gasteiger charge is 2.07. The predicted molar refractivity (Wildman–Crippen MR) is 76.4 cm³/mol. The maximum Gasteiger partial charge on any atom is 0.170 e. The van der Waals surface area contributed by atoms with Gasteiger partial charge in [0, 0.05) is 5.56 Å². The first-order valence-corrected chi connectivity index (χ1v) is 6.17. The van der Waals surface area contributed by atoms with Gasteiger partial charge in [-0.05, 0) is 35.9 Å². The zero-order chi connectivity index (χ0) is 14.5. The Bertz CT molecular complexity index is 627. The van der Waals surface area contributed by atoms with E-state index in [0.29, 0.717) is 22.1 Å². The third-order valence-electron chi connectivity index (χ3n) is 2.67. The Labute approximate surface area is 120 Å².